The Bertz CT molecular complexity index is 1200. The van der Waals surface area contributed by atoms with Crippen molar-refractivity contribution in [2.24, 2.45) is 0 Å². The van der Waals surface area contributed by atoms with E-state index < -0.39 is 0 Å². The number of aryl methyl sites for hydroxylation is 1. The van der Waals surface area contributed by atoms with Gasteiger partial charge in [-0.25, -0.2) is 19.9 Å². The van der Waals surface area contributed by atoms with E-state index in [2.05, 4.69) is 20.9 Å². The van der Waals surface area contributed by atoms with Gasteiger partial charge in [0.2, 0.25) is 0 Å². The minimum atomic E-state index is 0.781. The van der Waals surface area contributed by atoms with Crippen molar-refractivity contribution in [3.8, 4) is 10.7 Å². The summed E-state index contributed by atoms with van der Waals surface area (Å²) in [6, 6.07) is 16.1. The van der Waals surface area contributed by atoms with Crippen molar-refractivity contribution in [1.82, 2.24) is 24.5 Å². The maximum Gasteiger partial charge on any atom is 0.155 e. The molecule has 6 nitrogen and oxygen atoms in total. The van der Waals surface area contributed by atoms with Crippen LogP contribution in [0, 0.1) is 0 Å². The maximum absolute atomic E-state index is 4.88. The molecule has 28 heavy (non-hydrogen) atoms. The molecule has 7 heteroatoms. The number of anilines is 1. The largest absolute Gasteiger partial charge is 0.368 e. The quantitative estimate of drug-likeness (QED) is 0.432. The smallest absolute Gasteiger partial charge is 0.155 e. The van der Waals surface area contributed by atoms with Gasteiger partial charge in [-0.3, -0.25) is 0 Å². The topological polar surface area (TPSA) is 68.5 Å². The van der Waals surface area contributed by atoms with Crippen molar-refractivity contribution in [3.63, 3.8) is 0 Å². The summed E-state index contributed by atoms with van der Waals surface area (Å²) in [5, 5.41) is 4.36. The molecule has 0 unspecified atom stereocenters. The fourth-order valence-corrected chi connectivity index (χ4v) is 4.09. The first-order valence-corrected chi connectivity index (χ1v) is 10.0. The van der Waals surface area contributed by atoms with Gasteiger partial charge in [-0.05, 0) is 30.7 Å². The molecule has 1 N–H and O–H groups in total. The van der Waals surface area contributed by atoms with E-state index >= 15 is 0 Å². The first-order chi connectivity index (χ1) is 13.9. The highest BCUT2D eigenvalue weighted by Crippen LogP contribution is 2.33. The minimum Gasteiger partial charge on any atom is -0.368 e. The zero-order chi connectivity index (χ0) is 18.8. The number of hydrogen-bond donors (Lipinski definition) is 1. The first-order valence-electron chi connectivity index (χ1n) is 9.19. The molecule has 0 saturated carbocycles. The van der Waals surface area contributed by atoms with Crippen LogP contribution in [-0.4, -0.2) is 31.0 Å². The molecule has 0 fully saturated rings. The summed E-state index contributed by atoms with van der Waals surface area (Å²) in [4.78, 5) is 18.6. The summed E-state index contributed by atoms with van der Waals surface area (Å²) in [6.07, 6.45) is 6.57. The third kappa shape index (κ3) is 3.32. The Morgan fingerprint density at radius 3 is 2.46 bits per heavy atom. The number of para-hydroxylation sites is 3. The van der Waals surface area contributed by atoms with Gasteiger partial charge < -0.3 is 9.88 Å². The van der Waals surface area contributed by atoms with Crippen molar-refractivity contribution in [2.45, 2.75) is 13.0 Å². The number of nitrogens with zero attached hydrogens (tertiary/aromatic N) is 5. The van der Waals surface area contributed by atoms with Crippen LogP contribution in [0.4, 0.5) is 5.82 Å². The maximum atomic E-state index is 4.88. The molecular weight excluding hydrogens is 368 g/mol. The van der Waals surface area contributed by atoms with E-state index in [1.54, 1.807) is 17.5 Å². The molecule has 5 aromatic rings. The number of fused-ring (bicyclic) bond motifs is 2. The lowest BCUT2D eigenvalue weighted by molar-refractivity contribution is 0.660. The zero-order valence-electron chi connectivity index (χ0n) is 15.1. The highest BCUT2D eigenvalue weighted by atomic mass is 32.1. The molecule has 0 saturated heterocycles. The van der Waals surface area contributed by atoms with E-state index in [4.69, 9.17) is 15.0 Å². The highest BCUT2D eigenvalue weighted by molar-refractivity contribution is 7.21. The second kappa shape index (κ2) is 7.36. The zero-order valence-corrected chi connectivity index (χ0v) is 15.9. The molecule has 2 aromatic carbocycles. The van der Waals surface area contributed by atoms with E-state index in [9.17, 15) is 0 Å². The van der Waals surface area contributed by atoms with Crippen molar-refractivity contribution in [2.75, 3.05) is 11.9 Å². The third-order valence-electron chi connectivity index (χ3n) is 4.51. The number of nitrogens with one attached hydrogen (secondary N) is 1. The number of hydrogen-bond acceptors (Lipinski definition) is 6. The van der Waals surface area contributed by atoms with E-state index in [0.29, 0.717) is 0 Å². The number of imidazole rings is 1. The summed E-state index contributed by atoms with van der Waals surface area (Å²) in [7, 11) is 0. The Morgan fingerprint density at radius 2 is 1.68 bits per heavy atom. The van der Waals surface area contributed by atoms with E-state index in [1.165, 1.54) is 0 Å². The molecule has 0 spiro atoms. The number of thiazole rings is 1. The summed E-state index contributed by atoms with van der Waals surface area (Å²) in [5.74, 6) is 0.781. The number of aromatic nitrogens is 5. The van der Waals surface area contributed by atoms with Crippen LogP contribution < -0.4 is 5.32 Å². The van der Waals surface area contributed by atoms with Gasteiger partial charge in [0, 0.05) is 25.5 Å². The van der Waals surface area contributed by atoms with Crippen LogP contribution in [0.15, 0.2) is 67.3 Å². The molecule has 0 aliphatic heterocycles. The SMILES string of the molecule is c1ccc2nc(-c3nc4ccccc4s3)c(NCCCn3ccnc3)nc2c1. The monoisotopic (exact) mass is 386 g/mol. The summed E-state index contributed by atoms with van der Waals surface area (Å²) >= 11 is 1.64. The van der Waals surface area contributed by atoms with Gasteiger partial charge >= 0.3 is 0 Å². The van der Waals surface area contributed by atoms with Gasteiger partial charge in [-0.2, -0.15) is 0 Å². The Balaban J connectivity index is 1.47. The lowest BCUT2D eigenvalue weighted by Crippen LogP contribution is -2.09. The van der Waals surface area contributed by atoms with Crippen molar-refractivity contribution >= 4 is 38.4 Å². The highest BCUT2D eigenvalue weighted by Gasteiger charge is 2.15. The van der Waals surface area contributed by atoms with Crippen molar-refractivity contribution in [3.05, 3.63) is 67.3 Å². The first kappa shape index (κ1) is 16.8. The Hall–Kier alpha value is -3.32. The fraction of sp³-hybridized carbons (Fsp3) is 0.143. The van der Waals surface area contributed by atoms with Crippen LogP contribution in [0.3, 0.4) is 0 Å². The molecule has 0 radical (unpaired) electrons. The van der Waals surface area contributed by atoms with Gasteiger partial charge in [0.1, 0.15) is 10.7 Å². The average Bonchev–Trinajstić information content (AvgIpc) is 3.40. The van der Waals surface area contributed by atoms with E-state index in [1.807, 2.05) is 55.0 Å². The standard InChI is InChI=1S/C21H18N6S/c1-2-7-16-15(6-1)24-19(21-26-17-8-3-4-9-18(17)28-21)20(25-16)23-10-5-12-27-13-11-22-14-27/h1-4,6-9,11,13-14H,5,10,12H2,(H,23,25). The number of rotatable bonds is 6. The van der Waals surface area contributed by atoms with E-state index in [0.717, 1.165) is 57.3 Å². The van der Waals surface area contributed by atoms with Gasteiger partial charge in [0.25, 0.3) is 0 Å². The van der Waals surface area contributed by atoms with Crippen LogP contribution in [0.2, 0.25) is 0 Å². The lowest BCUT2D eigenvalue weighted by Gasteiger charge is -2.10. The second-order valence-corrected chi connectivity index (χ2v) is 7.51. The molecule has 3 aromatic heterocycles. The van der Waals surface area contributed by atoms with Crippen LogP contribution in [-0.2, 0) is 6.54 Å². The van der Waals surface area contributed by atoms with Crippen LogP contribution in [0.25, 0.3) is 32.0 Å². The predicted octanol–water partition coefficient (Wildman–Crippen LogP) is 4.61. The molecule has 3 heterocycles. The Morgan fingerprint density at radius 1 is 0.893 bits per heavy atom. The minimum absolute atomic E-state index is 0.781. The summed E-state index contributed by atoms with van der Waals surface area (Å²) in [6.45, 7) is 1.70. The molecule has 0 aliphatic rings. The molecule has 0 atom stereocenters. The fourth-order valence-electron chi connectivity index (χ4n) is 3.13. The lowest BCUT2D eigenvalue weighted by atomic mass is 10.2. The average molecular weight is 386 g/mol. The van der Waals surface area contributed by atoms with Gasteiger partial charge in [0.15, 0.2) is 5.82 Å². The molecule has 0 bridgehead atoms. The van der Waals surface area contributed by atoms with Crippen LogP contribution in [0.1, 0.15) is 6.42 Å². The third-order valence-corrected chi connectivity index (χ3v) is 5.55. The van der Waals surface area contributed by atoms with Crippen LogP contribution >= 0.6 is 11.3 Å². The summed E-state index contributed by atoms with van der Waals surface area (Å²) < 4.78 is 3.22. The number of benzene rings is 2. The second-order valence-electron chi connectivity index (χ2n) is 6.48. The molecule has 0 aliphatic carbocycles. The van der Waals surface area contributed by atoms with Crippen molar-refractivity contribution < 1.29 is 0 Å². The van der Waals surface area contributed by atoms with Crippen LogP contribution in [0.5, 0.6) is 0 Å². The normalized spacial score (nSPS) is 11.3. The van der Waals surface area contributed by atoms with Gasteiger partial charge in [-0.15, -0.1) is 11.3 Å². The molecular formula is C21H18N6S. The van der Waals surface area contributed by atoms with Gasteiger partial charge in [-0.1, -0.05) is 24.3 Å². The summed E-state index contributed by atoms with van der Waals surface area (Å²) in [5.41, 5.74) is 3.55. The molecule has 0 amide bonds. The van der Waals surface area contributed by atoms with Crippen molar-refractivity contribution in [1.29, 1.82) is 0 Å². The predicted molar refractivity (Wildman–Crippen MR) is 113 cm³/mol. The molecule has 5 rings (SSSR count). The Kier molecular flexibility index (Phi) is 4.42. The van der Waals surface area contributed by atoms with E-state index in [-0.39, 0.29) is 0 Å². The Labute approximate surface area is 165 Å². The van der Waals surface area contributed by atoms with Gasteiger partial charge in [0.05, 0.1) is 27.6 Å². The molecule has 138 valence electrons.